The normalized spacial score (nSPS) is 15.4. The van der Waals surface area contributed by atoms with E-state index in [1.807, 2.05) is 0 Å². The number of aromatic nitrogens is 1. The molecule has 114 valence electrons. The summed E-state index contributed by atoms with van der Waals surface area (Å²) in [5.41, 5.74) is 4.72. The zero-order chi connectivity index (χ0) is 14.7. The van der Waals surface area contributed by atoms with Crippen LogP contribution >= 0.6 is 0 Å². The van der Waals surface area contributed by atoms with Gasteiger partial charge in [-0.2, -0.15) is 0 Å². The maximum Gasteiger partial charge on any atom is 0.0485 e. The van der Waals surface area contributed by atoms with Gasteiger partial charge in [-0.1, -0.05) is 38.5 Å². The number of nitrogens with zero attached hydrogens (tertiary/aromatic N) is 2. The minimum Gasteiger partial charge on any atom is -0.343 e. The molecule has 2 heteroatoms. The number of hydrogen-bond donors (Lipinski definition) is 0. The Morgan fingerprint density at radius 1 is 1.00 bits per heavy atom. The van der Waals surface area contributed by atoms with Gasteiger partial charge in [-0.15, -0.1) is 0 Å². The molecule has 0 atom stereocenters. The summed E-state index contributed by atoms with van der Waals surface area (Å²) < 4.78 is 2.62. The maximum absolute atomic E-state index is 2.62. The molecule has 1 aliphatic carbocycles. The van der Waals surface area contributed by atoms with Crippen molar-refractivity contribution in [2.24, 2.45) is 0 Å². The molecule has 2 aromatic rings. The van der Waals surface area contributed by atoms with Crippen LogP contribution < -0.4 is 0 Å². The summed E-state index contributed by atoms with van der Waals surface area (Å²) in [7, 11) is 0. The van der Waals surface area contributed by atoms with Crippen molar-refractivity contribution in [2.75, 3.05) is 19.6 Å². The van der Waals surface area contributed by atoms with Crippen LogP contribution in [0.1, 0.15) is 44.4 Å². The first-order chi connectivity index (χ1) is 10.3. The van der Waals surface area contributed by atoms with Crippen molar-refractivity contribution in [1.82, 2.24) is 9.47 Å². The van der Waals surface area contributed by atoms with E-state index in [0.717, 1.165) is 26.2 Å². The van der Waals surface area contributed by atoms with Gasteiger partial charge in [0.25, 0.3) is 0 Å². The molecule has 0 aliphatic heterocycles. The van der Waals surface area contributed by atoms with E-state index in [2.05, 4.69) is 47.6 Å². The van der Waals surface area contributed by atoms with Crippen molar-refractivity contribution >= 4 is 10.9 Å². The van der Waals surface area contributed by atoms with Crippen LogP contribution in [0.2, 0.25) is 0 Å². The Balaban J connectivity index is 1.98. The molecule has 0 amide bonds. The van der Waals surface area contributed by atoms with Gasteiger partial charge in [-0.25, -0.2) is 0 Å². The SMILES string of the molecule is CCN(CC)CCn1c2c(c3ccccc31)CCCCC2. The highest BCUT2D eigenvalue weighted by Crippen LogP contribution is 2.31. The lowest BCUT2D eigenvalue weighted by Crippen LogP contribution is -2.27. The summed E-state index contributed by atoms with van der Waals surface area (Å²) in [5.74, 6) is 0. The molecule has 0 bridgehead atoms. The van der Waals surface area contributed by atoms with E-state index >= 15 is 0 Å². The van der Waals surface area contributed by atoms with Crippen LogP contribution in [0.3, 0.4) is 0 Å². The van der Waals surface area contributed by atoms with Gasteiger partial charge in [-0.3, -0.25) is 0 Å². The van der Waals surface area contributed by atoms with E-state index in [1.165, 1.54) is 43.0 Å². The van der Waals surface area contributed by atoms with Crippen molar-refractivity contribution in [3.05, 3.63) is 35.5 Å². The van der Waals surface area contributed by atoms with Crippen molar-refractivity contribution in [3.63, 3.8) is 0 Å². The summed E-state index contributed by atoms with van der Waals surface area (Å²) >= 11 is 0. The number of rotatable bonds is 5. The molecule has 0 saturated carbocycles. The summed E-state index contributed by atoms with van der Waals surface area (Å²) in [6.07, 6.45) is 6.64. The van der Waals surface area contributed by atoms with Crippen molar-refractivity contribution in [3.8, 4) is 0 Å². The molecule has 1 aromatic carbocycles. The van der Waals surface area contributed by atoms with Gasteiger partial charge in [0.05, 0.1) is 0 Å². The Labute approximate surface area is 128 Å². The smallest absolute Gasteiger partial charge is 0.0485 e. The standard InChI is InChI=1S/C19H28N2/c1-3-20(4-2)14-15-21-18-12-7-5-6-10-16(18)17-11-8-9-13-19(17)21/h8-9,11,13H,3-7,10,12,14-15H2,1-2H3. The summed E-state index contributed by atoms with van der Waals surface area (Å²) in [5, 5.41) is 1.51. The fourth-order valence-electron chi connectivity index (χ4n) is 3.80. The predicted octanol–water partition coefficient (Wildman–Crippen LogP) is 4.25. The quantitative estimate of drug-likeness (QED) is 0.745. The lowest BCUT2D eigenvalue weighted by molar-refractivity contribution is 0.291. The van der Waals surface area contributed by atoms with Gasteiger partial charge in [0.2, 0.25) is 0 Å². The second-order valence-electron chi connectivity index (χ2n) is 6.18. The van der Waals surface area contributed by atoms with Gasteiger partial charge in [-0.05, 0) is 50.4 Å². The number of benzene rings is 1. The Morgan fingerprint density at radius 3 is 2.57 bits per heavy atom. The van der Waals surface area contributed by atoms with Gasteiger partial charge in [0.15, 0.2) is 0 Å². The van der Waals surface area contributed by atoms with Crippen LogP contribution in [0.15, 0.2) is 24.3 Å². The largest absolute Gasteiger partial charge is 0.343 e. The van der Waals surface area contributed by atoms with E-state index in [4.69, 9.17) is 0 Å². The van der Waals surface area contributed by atoms with Crippen molar-refractivity contribution in [1.29, 1.82) is 0 Å². The molecule has 1 aliphatic rings. The fraction of sp³-hybridized carbons (Fsp3) is 0.579. The average Bonchev–Trinajstić information content (AvgIpc) is 2.68. The molecule has 1 heterocycles. The number of fused-ring (bicyclic) bond motifs is 3. The van der Waals surface area contributed by atoms with E-state index in [-0.39, 0.29) is 0 Å². The van der Waals surface area contributed by atoms with Gasteiger partial charge >= 0.3 is 0 Å². The highest BCUT2D eigenvalue weighted by Gasteiger charge is 2.18. The molecular weight excluding hydrogens is 256 g/mol. The van der Waals surface area contributed by atoms with Crippen LogP contribution in [-0.2, 0) is 19.4 Å². The zero-order valence-electron chi connectivity index (χ0n) is 13.6. The first kappa shape index (κ1) is 14.6. The second kappa shape index (κ2) is 6.65. The minimum absolute atomic E-state index is 1.14. The first-order valence-electron chi connectivity index (χ1n) is 8.66. The second-order valence-corrected chi connectivity index (χ2v) is 6.18. The van der Waals surface area contributed by atoms with Crippen LogP contribution in [0.5, 0.6) is 0 Å². The zero-order valence-corrected chi connectivity index (χ0v) is 13.6. The van der Waals surface area contributed by atoms with Crippen LogP contribution in [0.25, 0.3) is 10.9 Å². The minimum atomic E-state index is 1.14. The highest BCUT2D eigenvalue weighted by molar-refractivity contribution is 5.85. The molecule has 0 saturated heterocycles. The maximum atomic E-state index is 2.62. The van der Waals surface area contributed by atoms with Crippen LogP contribution in [-0.4, -0.2) is 29.1 Å². The Bertz CT molecular complexity index is 593. The lowest BCUT2D eigenvalue weighted by Gasteiger charge is -2.20. The molecule has 0 radical (unpaired) electrons. The van der Waals surface area contributed by atoms with E-state index in [0.29, 0.717) is 0 Å². The fourth-order valence-corrected chi connectivity index (χ4v) is 3.80. The van der Waals surface area contributed by atoms with Crippen molar-refractivity contribution in [2.45, 2.75) is 52.5 Å². The molecule has 1 aromatic heterocycles. The summed E-state index contributed by atoms with van der Waals surface area (Å²) in [6.45, 7) is 9.13. The Kier molecular flexibility index (Phi) is 4.64. The summed E-state index contributed by atoms with van der Waals surface area (Å²) in [4.78, 5) is 2.53. The molecule has 2 nitrogen and oxygen atoms in total. The molecule has 0 unspecified atom stereocenters. The van der Waals surface area contributed by atoms with Gasteiger partial charge in [0, 0.05) is 29.7 Å². The number of hydrogen-bond acceptors (Lipinski definition) is 1. The average molecular weight is 284 g/mol. The molecule has 0 spiro atoms. The lowest BCUT2D eigenvalue weighted by atomic mass is 10.1. The summed E-state index contributed by atoms with van der Waals surface area (Å²) in [6, 6.07) is 9.03. The van der Waals surface area contributed by atoms with Gasteiger partial charge < -0.3 is 9.47 Å². The van der Waals surface area contributed by atoms with Gasteiger partial charge in [0.1, 0.15) is 0 Å². The first-order valence-corrected chi connectivity index (χ1v) is 8.66. The molecular formula is C19H28N2. The molecule has 3 rings (SSSR count). The Morgan fingerprint density at radius 2 is 1.76 bits per heavy atom. The monoisotopic (exact) mass is 284 g/mol. The van der Waals surface area contributed by atoms with E-state index in [1.54, 1.807) is 11.3 Å². The van der Waals surface area contributed by atoms with Crippen molar-refractivity contribution < 1.29 is 0 Å². The molecule has 21 heavy (non-hydrogen) atoms. The topological polar surface area (TPSA) is 8.17 Å². The highest BCUT2D eigenvalue weighted by atomic mass is 15.1. The molecule has 0 N–H and O–H groups in total. The predicted molar refractivity (Wildman–Crippen MR) is 91.0 cm³/mol. The Hall–Kier alpha value is -1.28. The third kappa shape index (κ3) is 2.87. The third-order valence-electron chi connectivity index (χ3n) is 5.07. The molecule has 0 fully saturated rings. The number of para-hydroxylation sites is 1. The third-order valence-corrected chi connectivity index (χ3v) is 5.07. The van der Waals surface area contributed by atoms with E-state index in [9.17, 15) is 0 Å². The number of aryl methyl sites for hydroxylation is 1. The number of likely N-dealkylation sites (N-methyl/N-ethyl adjacent to an activating group) is 1. The van der Waals surface area contributed by atoms with Crippen LogP contribution in [0.4, 0.5) is 0 Å². The van der Waals surface area contributed by atoms with E-state index < -0.39 is 0 Å². The van der Waals surface area contributed by atoms with Crippen LogP contribution in [0, 0.1) is 0 Å².